The zero-order valence-corrected chi connectivity index (χ0v) is 13.0. The van der Waals surface area contributed by atoms with Gasteiger partial charge in [-0.1, -0.05) is 6.07 Å². The summed E-state index contributed by atoms with van der Waals surface area (Å²) in [7, 11) is 4.62. The van der Waals surface area contributed by atoms with Gasteiger partial charge < -0.3 is 14.2 Å². The second kappa shape index (κ2) is 7.45. The molecular weight excluding hydrogens is 282 g/mol. The van der Waals surface area contributed by atoms with E-state index in [1.807, 2.05) is 35.0 Å². The lowest BCUT2D eigenvalue weighted by atomic mass is 10.1. The third-order valence-electron chi connectivity index (χ3n) is 3.39. The monoisotopic (exact) mass is 302 g/mol. The van der Waals surface area contributed by atoms with E-state index in [0.717, 1.165) is 18.5 Å². The minimum atomic E-state index is -0.333. The minimum Gasteiger partial charge on any atom is -0.493 e. The molecule has 0 spiro atoms. The number of aromatic nitrogens is 1. The van der Waals surface area contributed by atoms with Crippen LogP contribution in [-0.4, -0.2) is 27.3 Å². The van der Waals surface area contributed by atoms with Crippen molar-refractivity contribution in [2.45, 2.75) is 13.0 Å². The number of methoxy groups -OCH3 is 3. The number of carbonyl (C=O) groups is 1. The minimum absolute atomic E-state index is 0.333. The number of nitrogens with zero attached hydrogens (tertiary/aromatic N) is 1. The van der Waals surface area contributed by atoms with E-state index in [0.29, 0.717) is 17.1 Å². The van der Waals surface area contributed by atoms with Crippen molar-refractivity contribution in [1.82, 2.24) is 0 Å². The molecule has 0 aliphatic heterocycles. The smallest absolute Gasteiger partial charge is 0.343 e. The summed E-state index contributed by atoms with van der Waals surface area (Å²) in [5, 5.41) is 0. The highest BCUT2D eigenvalue weighted by Gasteiger charge is 2.11. The zero-order chi connectivity index (χ0) is 15.9. The van der Waals surface area contributed by atoms with E-state index in [1.165, 1.54) is 7.11 Å². The van der Waals surface area contributed by atoms with Crippen molar-refractivity contribution in [2.75, 3.05) is 21.3 Å². The number of hydrogen-bond donors (Lipinski definition) is 0. The molecule has 5 heteroatoms. The number of ether oxygens (including phenoxy) is 3. The van der Waals surface area contributed by atoms with Gasteiger partial charge >= 0.3 is 5.97 Å². The fourth-order valence-corrected chi connectivity index (χ4v) is 2.19. The molecule has 22 heavy (non-hydrogen) atoms. The van der Waals surface area contributed by atoms with Gasteiger partial charge in [-0.3, -0.25) is 0 Å². The van der Waals surface area contributed by atoms with Crippen molar-refractivity contribution in [1.29, 1.82) is 0 Å². The average molecular weight is 302 g/mol. The number of benzene rings is 1. The van der Waals surface area contributed by atoms with Gasteiger partial charge in [0.1, 0.15) is 5.56 Å². The van der Waals surface area contributed by atoms with Crippen LogP contribution in [0.2, 0.25) is 0 Å². The van der Waals surface area contributed by atoms with Gasteiger partial charge in [-0.2, -0.15) is 0 Å². The highest BCUT2D eigenvalue weighted by atomic mass is 16.5. The molecule has 2 aromatic rings. The Bertz CT molecular complexity index is 655. The van der Waals surface area contributed by atoms with Gasteiger partial charge in [-0.25, -0.2) is 9.36 Å². The SMILES string of the molecule is COC(=O)c1ccc[n+](CCc2ccc(OC)c(OC)c2)c1. The standard InChI is InChI=1S/C17H20NO4/c1-20-15-7-6-13(11-16(15)21-2)8-10-18-9-4-5-14(12-18)17(19)22-3/h4-7,9,11-12H,8,10H2,1-3H3/q+1. The average Bonchev–Trinajstić information content (AvgIpc) is 2.59. The maximum absolute atomic E-state index is 11.5. The van der Waals surface area contributed by atoms with Crippen LogP contribution in [0.3, 0.4) is 0 Å². The zero-order valence-electron chi connectivity index (χ0n) is 13.0. The third-order valence-corrected chi connectivity index (χ3v) is 3.39. The first-order valence-corrected chi connectivity index (χ1v) is 6.96. The van der Waals surface area contributed by atoms with Gasteiger partial charge in [0.15, 0.2) is 30.4 Å². The van der Waals surface area contributed by atoms with E-state index in [9.17, 15) is 4.79 Å². The molecule has 0 saturated carbocycles. The Kier molecular flexibility index (Phi) is 5.36. The van der Waals surface area contributed by atoms with Gasteiger partial charge in [0.25, 0.3) is 0 Å². The number of hydrogen-bond acceptors (Lipinski definition) is 4. The lowest BCUT2D eigenvalue weighted by molar-refractivity contribution is -0.696. The highest BCUT2D eigenvalue weighted by molar-refractivity contribution is 5.88. The van der Waals surface area contributed by atoms with Crippen LogP contribution in [-0.2, 0) is 17.7 Å². The van der Waals surface area contributed by atoms with Crippen LogP contribution in [0.15, 0.2) is 42.7 Å². The number of aryl methyl sites for hydroxylation is 2. The lowest BCUT2D eigenvalue weighted by Gasteiger charge is -2.08. The molecule has 1 aromatic heterocycles. The fraction of sp³-hybridized carbons (Fsp3) is 0.294. The van der Waals surface area contributed by atoms with Gasteiger partial charge in [0.2, 0.25) is 0 Å². The molecule has 0 atom stereocenters. The van der Waals surface area contributed by atoms with E-state index in [1.54, 1.807) is 26.5 Å². The second-order valence-electron chi connectivity index (χ2n) is 4.76. The maximum Gasteiger partial charge on any atom is 0.343 e. The number of esters is 1. The van der Waals surface area contributed by atoms with Crippen molar-refractivity contribution in [3.63, 3.8) is 0 Å². The summed E-state index contributed by atoms with van der Waals surface area (Å²) >= 11 is 0. The summed E-state index contributed by atoms with van der Waals surface area (Å²) in [5.41, 5.74) is 1.67. The maximum atomic E-state index is 11.5. The van der Waals surface area contributed by atoms with Crippen LogP contribution in [0.5, 0.6) is 11.5 Å². The molecule has 1 heterocycles. The van der Waals surface area contributed by atoms with E-state index in [-0.39, 0.29) is 5.97 Å². The summed E-state index contributed by atoms with van der Waals surface area (Å²) in [5.74, 6) is 1.10. The molecule has 0 amide bonds. The summed E-state index contributed by atoms with van der Waals surface area (Å²) in [6.45, 7) is 0.750. The molecule has 0 saturated heterocycles. The Morgan fingerprint density at radius 3 is 2.55 bits per heavy atom. The van der Waals surface area contributed by atoms with Crippen molar-refractivity contribution in [3.8, 4) is 11.5 Å². The Hall–Kier alpha value is -2.56. The lowest BCUT2D eigenvalue weighted by Crippen LogP contribution is -2.35. The summed E-state index contributed by atoms with van der Waals surface area (Å²) < 4.78 is 17.2. The Labute approximate surface area is 130 Å². The van der Waals surface area contributed by atoms with Gasteiger partial charge in [-0.05, 0) is 23.8 Å². The van der Waals surface area contributed by atoms with E-state index in [2.05, 4.69) is 0 Å². The Balaban J connectivity index is 2.08. The van der Waals surface area contributed by atoms with Crippen molar-refractivity contribution >= 4 is 5.97 Å². The molecule has 5 nitrogen and oxygen atoms in total. The first-order valence-electron chi connectivity index (χ1n) is 6.96. The first-order chi connectivity index (χ1) is 10.7. The molecule has 0 bridgehead atoms. The third kappa shape index (κ3) is 3.75. The molecule has 2 rings (SSSR count). The number of carbonyl (C=O) groups excluding carboxylic acids is 1. The largest absolute Gasteiger partial charge is 0.493 e. The molecule has 0 N–H and O–H groups in total. The fourth-order valence-electron chi connectivity index (χ4n) is 2.19. The molecule has 0 aliphatic rings. The van der Waals surface area contributed by atoms with Crippen LogP contribution in [0.25, 0.3) is 0 Å². The quantitative estimate of drug-likeness (QED) is 0.605. The molecule has 0 fully saturated rings. The first kappa shape index (κ1) is 15.8. The summed E-state index contributed by atoms with van der Waals surface area (Å²) in [6.07, 6.45) is 4.52. The van der Waals surface area contributed by atoms with E-state index < -0.39 is 0 Å². The normalized spacial score (nSPS) is 10.1. The van der Waals surface area contributed by atoms with Crippen LogP contribution in [0, 0.1) is 0 Å². The van der Waals surface area contributed by atoms with E-state index in [4.69, 9.17) is 14.2 Å². The molecule has 1 aromatic carbocycles. The van der Waals surface area contributed by atoms with Crippen molar-refractivity contribution in [3.05, 3.63) is 53.9 Å². The Morgan fingerprint density at radius 1 is 1.09 bits per heavy atom. The van der Waals surface area contributed by atoms with Crippen LogP contribution >= 0.6 is 0 Å². The van der Waals surface area contributed by atoms with Crippen LogP contribution in [0.1, 0.15) is 15.9 Å². The van der Waals surface area contributed by atoms with Gasteiger partial charge in [0.05, 0.1) is 21.3 Å². The predicted octanol–water partition coefficient (Wildman–Crippen LogP) is 2.02. The Morgan fingerprint density at radius 2 is 1.86 bits per heavy atom. The van der Waals surface area contributed by atoms with Crippen molar-refractivity contribution < 1.29 is 23.6 Å². The van der Waals surface area contributed by atoms with Crippen molar-refractivity contribution in [2.24, 2.45) is 0 Å². The van der Waals surface area contributed by atoms with E-state index >= 15 is 0 Å². The van der Waals surface area contributed by atoms with Crippen LogP contribution in [0.4, 0.5) is 0 Å². The molecule has 0 unspecified atom stereocenters. The number of pyridine rings is 1. The predicted molar refractivity (Wildman–Crippen MR) is 81.2 cm³/mol. The summed E-state index contributed by atoms with van der Waals surface area (Å²) in [4.78, 5) is 11.5. The molecular formula is C17H20NO4+. The molecule has 0 aliphatic carbocycles. The number of rotatable bonds is 6. The highest BCUT2D eigenvalue weighted by Crippen LogP contribution is 2.27. The summed E-state index contributed by atoms with van der Waals surface area (Å²) in [6, 6.07) is 9.43. The van der Waals surface area contributed by atoms with Gasteiger partial charge in [0, 0.05) is 12.5 Å². The second-order valence-corrected chi connectivity index (χ2v) is 4.76. The molecule has 116 valence electrons. The molecule has 0 radical (unpaired) electrons. The van der Waals surface area contributed by atoms with Gasteiger partial charge in [-0.15, -0.1) is 0 Å². The topological polar surface area (TPSA) is 48.6 Å². The van der Waals surface area contributed by atoms with Crippen LogP contribution < -0.4 is 14.0 Å².